The van der Waals surface area contributed by atoms with Crippen molar-refractivity contribution in [2.24, 2.45) is 0 Å². The molecule has 3 rings (SSSR count). The van der Waals surface area contributed by atoms with Crippen molar-refractivity contribution in [3.63, 3.8) is 0 Å². The lowest BCUT2D eigenvalue weighted by molar-refractivity contribution is -0.141. The summed E-state index contributed by atoms with van der Waals surface area (Å²) in [7, 11) is 2.65. The number of pyridine rings is 2. The first-order valence-electron chi connectivity index (χ1n) is 9.59. The SMILES string of the molecule is COC(=O)C[C@@H](c1cc2cc(OC)ccc2[nH]c1=O)c1c(O)cc(C)n(CC(=O)O)c1=O. The van der Waals surface area contributed by atoms with E-state index in [1.165, 1.54) is 26.2 Å². The number of carboxylic acids is 1. The van der Waals surface area contributed by atoms with Gasteiger partial charge < -0.3 is 29.2 Å². The molecule has 32 heavy (non-hydrogen) atoms. The molecule has 0 spiro atoms. The number of hydrogen-bond acceptors (Lipinski definition) is 7. The summed E-state index contributed by atoms with van der Waals surface area (Å²) in [5.74, 6) is -3.08. The fraction of sp³-hybridized carbons (Fsp3) is 0.273. The third kappa shape index (κ3) is 4.34. The van der Waals surface area contributed by atoms with Crippen LogP contribution < -0.4 is 15.9 Å². The Hall–Kier alpha value is -4.08. The topological polar surface area (TPSA) is 148 Å². The van der Waals surface area contributed by atoms with E-state index in [1.54, 1.807) is 18.2 Å². The number of ether oxygens (including phenoxy) is 2. The molecule has 0 saturated heterocycles. The lowest BCUT2D eigenvalue weighted by Gasteiger charge is -2.20. The lowest BCUT2D eigenvalue weighted by Crippen LogP contribution is -2.32. The van der Waals surface area contributed by atoms with Gasteiger partial charge in [0.05, 0.1) is 26.2 Å². The van der Waals surface area contributed by atoms with Crippen LogP contribution in [0.15, 0.2) is 39.9 Å². The van der Waals surface area contributed by atoms with E-state index in [0.29, 0.717) is 16.7 Å². The maximum absolute atomic E-state index is 13.2. The maximum atomic E-state index is 13.2. The number of aliphatic carboxylic acids is 1. The van der Waals surface area contributed by atoms with Crippen LogP contribution in [0.25, 0.3) is 10.9 Å². The number of fused-ring (bicyclic) bond motifs is 1. The van der Waals surface area contributed by atoms with Crippen LogP contribution in [0.3, 0.4) is 0 Å². The first-order chi connectivity index (χ1) is 15.2. The molecule has 0 unspecified atom stereocenters. The van der Waals surface area contributed by atoms with Crippen molar-refractivity contribution in [3.8, 4) is 11.5 Å². The summed E-state index contributed by atoms with van der Waals surface area (Å²) in [5.41, 5.74) is -0.894. The molecule has 0 saturated carbocycles. The zero-order valence-electron chi connectivity index (χ0n) is 17.7. The average molecular weight is 442 g/mol. The van der Waals surface area contributed by atoms with E-state index in [1.807, 2.05) is 0 Å². The lowest BCUT2D eigenvalue weighted by atomic mass is 9.88. The Morgan fingerprint density at radius 3 is 2.50 bits per heavy atom. The Labute approximate surface area is 181 Å². The Morgan fingerprint density at radius 1 is 1.16 bits per heavy atom. The van der Waals surface area contributed by atoms with Crippen LogP contribution >= 0.6 is 0 Å². The van der Waals surface area contributed by atoms with E-state index < -0.39 is 47.7 Å². The van der Waals surface area contributed by atoms with E-state index >= 15 is 0 Å². The van der Waals surface area contributed by atoms with Gasteiger partial charge in [0, 0.05) is 28.1 Å². The summed E-state index contributed by atoms with van der Waals surface area (Å²) in [4.78, 5) is 52.2. The molecule has 0 aliphatic rings. The van der Waals surface area contributed by atoms with Gasteiger partial charge in [-0.05, 0) is 37.3 Å². The van der Waals surface area contributed by atoms with Crippen LogP contribution in [-0.2, 0) is 20.9 Å². The molecule has 0 aliphatic carbocycles. The normalized spacial score (nSPS) is 11.8. The second kappa shape index (κ2) is 8.96. The van der Waals surface area contributed by atoms with Crippen molar-refractivity contribution in [2.75, 3.05) is 14.2 Å². The second-order valence-electron chi connectivity index (χ2n) is 7.21. The van der Waals surface area contributed by atoms with Gasteiger partial charge in [-0.2, -0.15) is 0 Å². The molecular formula is C22H22N2O8. The number of carbonyl (C=O) groups excluding carboxylic acids is 1. The molecule has 2 heterocycles. The van der Waals surface area contributed by atoms with E-state index in [-0.39, 0.29) is 16.8 Å². The summed E-state index contributed by atoms with van der Waals surface area (Å²) in [6, 6.07) is 7.71. The number of hydrogen-bond donors (Lipinski definition) is 3. The number of benzene rings is 1. The molecule has 0 bridgehead atoms. The zero-order chi connectivity index (χ0) is 23.6. The molecule has 10 heteroatoms. The molecule has 3 aromatic rings. The van der Waals surface area contributed by atoms with Crippen molar-refractivity contribution in [2.45, 2.75) is 25.8 Å². The first kappa shape index (κ1) is 22.6. The minimum Gasteiger partial charge on any atom is -0.507 e. The van der Waals surface area contributed by atoms with Crippen LogP contribution in [0.4, 0.5) is 0 Å². The highest BCUT2D eigenvalue weighted by Gasteiger charge is 2.29. The standard InChI is InChI=1S/C22H22N2O8/c1-11-6-17(25)20(22(30)24(11)10-18(26)27)14(9-19(28)32-3)15-8-12-7-13(31-2)4-5-16(12)23-21(15)29/h4-8,14,25H,9-10H2,1-3H3,(H,23,29)(H,26,27)/t14-/m0/s1. The molecule has 10 nitrogen and oxygen atoms in total. The smallest absolute Gasteiger partial charge is 0.323 e. The Balaban J connectivity index is 2.31. The zero-order valence-corrected chi connectivity index (χ0v) is 17.7. The van der Waals surface area contributed by atoms with Gasteiger partial charge in [-0.1, -0.05) is 0 Å². The van der Waals surface area contributed by atoms with Gasteiger partial charge in [-0.25, -0.2) is 0 Å². The van der Waals surface area contributed by atoms with Crippen molar-refractivity contribution < 1.29 is 29.3 Å². The van der Waals surface area contributed by atoms with Gasteiger partial charge >= 0.3 is 11.9 Å². The molecule has 0 radical (unpaired) electrons. The van der Waals surface area contributed by atoms with Crippen molar-refractivity contribution >= 4 is 22.8 Å². The molecule has 0 fully saturated rings. The highest BCUT2D eigenvalue weighted by Crippen LogP contribution is 2.32. The van der Waals surface area contributed by atoms with E-state index in [4.69, 9.17) is 14.6 Å². The van der Waals surface area contributed by atoms with Crippen molar-refractivity contribution in [3.05, 3.63) is 67.9 Å². The summed E-state index contributed by atoms with van der Waals surface area (Å²) in [5, 5.41) is 20.3. The number of aromatic amines is 1. The van der Waals surface area contributed by atoms with E-state index in [9.17, 15) is 24.3 Å². The number of H-pyrrole nitrogens is 1. The van der Waals surface area contributed by atoms with Gasteiger partial charge in [0.2, 0.25) is 0 Å². The fourth-order valence-electron chi connectivity index (χ4n) is 3.63. The first-order valence-corrected chi connectivity index (χ1v) is 9.59. The van der Waals surface area contributed by atoms with Crippen LogP contribution in [0.2, 0.25) is 0 Å². The van der Waals surface area contributed by atoms with E-state index in [0.717, 1.165) is 11.7 Å². The second-order valence-corrected chi connectivity index (χ2v) is 7.21. The van der Waals surface area contributed by atoms with E-state index in [2.05, 4.69) is 4.98 Å². The van der Waals surface area contributed by atoms with Crippen LogP contribution in [0.1, 0.15) is 29.2 Å². The molecule has 3 N–H and O–H groups in total. The molecule has 1 aromatic carbocycles. The summed E-state index contributed by atoms with van der Waals surface area (Å²) >= 11 is 0. The number of rotatable bonds is 7. The third-order valence-electron chi connectivity index (χ3n) is 5.22. The van der Waals surface area contributed by atoms with Gasteiger partial charge in [-0.3, -0.25) is 19.2 Å². The van der Waals surface area contributed by atoms with Crippen LogP contribution in [0.5, 0.6) is 11.5 Å². The highest BCUT2D eigenvalue weighted by molar-refractivity contribution is 5.81. The van der Waals surface area contributed by atoms with Gasteiger partial charge in [-0.15, -0.1) is 0 Å². The summed E-state index contributed by atoms with van der Waals surface area (Å²) < 4.78 is 10.9. The van der Waals surface area contributed by atoms with Gasteiger partial charge in [0.25, 0.3) is 11.1 Å². The molecule has 168 valence electrons. The van der Waals surface area contributed by atoms with Crippen LogP contribution in [0, 0.1) is 6.92 Å². The number of methoxy groups -OCH3 is 2. The third-order valence-corrected chi connectivity index (χ3v) is 5.22. The number of carbonyl (C=O) groups is 2. The Kier molecular flexibility index (Phi) is 6.33. The number of esters is 1. The molecule has 0 aliphatic heterocycles. The average Bonchev–Trinajstić information content (AvgIpc) is 2.74. The maximum Gasteiger partial charge on any atom is 0.323 e. The van der Waals surface area contributed by atoms with Crippen molar-refractivity contribution in [1.82, 2.24) is 9.55 Å². The number of aryl methyl sites for hydroxylation is 1. The predicted molar refractivity (Wildman–Crippen MR) is 114 cm³/mol. The van der Waals surface area contributed by atoms with Crippen molar-refractivity contribution in [1.29, 1.82) is 0 Å². The number of carboxylic acid groups (broad SMARTS) is 1. The minimum absolute atomic E-state index is 0.0364. The highest BCUT2D eigenvalue weighted by atomic mass is 16.5. The molecule has 1 atom stereocenters. The molecular weight excluding hydrogens is 420 g/mol. The fourth-order valence-corrected chi connectivity index (χ4v) is 3.63. The van der Waals surface area contributed by atoms with Gasteiger partial charge in [0.15, 0.2) is 0 Å². The number of aromatic hydroxyl groups is 1. The predicted octanol–water partition coefficient (Wildman–Crippen LogP) is 1.49. The summed E-state index contributed by atoms with van der Waals surface area (Å²) in [6.07, 6.45) is -0.423. The molecule has 2 aromatic heterocycles. The number of nitrogens with zero attached hydrogens (tertiary/aromatic N) is 1. The monoisotopic (exact) mass is 442 g/mol. The number of nitrogens with one attached hydrogen (secondary N) is 1. The summed E-state index contributed by atoms with van der Waals surface area (Å²) in [6.45, 7) is 0.826. The van der Waals surface area contributed by atoms with Crippen LogP contribution in [-0.4, -0.2) is 45.9 Å². The Morgan fingerprint density at radius 2 is 1.88 bits per heavy atom. The molecule has 0 amide bonds. The van der Waals surface area contributed by atoms with Gasteiger partial charge in [0.1, 0.15) is 18.0 Å². The quantitative estimate of drug-likeness (QED) is 0.466. The number of aromatic nitrogens is 2. The largest absolute Gasteiger partial charge is 0.507 e. The Bertz CT molecular complexity index is 1320. The minimum atomic E-state index is -1.26.